The number of ether oxygens (including phenoxy) is 1. The minimum atomic E-state index is -0.274. The van der Waals surface area contributed by atoms with Crippen molar-refractivity contribution in [2.45, 2.75) is 6.61 Å². The van der Waals surface area contributed by atoms with Gasteiger partial charge in [0.25, 0.3) is 0 Å². The number of benzene rings is 4. The van der Waals surface area contributed by atoms with Gasteiger partial charge in [-0.15, -0.1) is 0 Å². The van der Waals surface area contributed by atoms with Crippen molar-refractivity contribution in [2.75, 3.05) is 5.43 Å². The molecule has 0 unspecified atom stereocenters. The molecule has 0 amide bonds. The number of halogens is 1. The topological polar surface area (TPSA) is 33.6 Å². The Hall–Kier alpha value is -3.66. The van der Waals surface area contributed by atoms with E-state index in [0.717, 1.165) is 22.0 Å². The number of nitrogens with zero attached hydrogens (tertiary/aromatic N) is 1. The van der Waals surface area contributed by atoms with Crippen LogP contribution in [0.2, 0.25) is 0 Å². The maximum Gasteiger partial charge on any atom is 0.129 e. The van der Waals surface area contributed by atoms with E-state index in [1.54, 1.807) is 24.4 Å². The van der Waals surface area contributed by atoms with Crippen LogP contribution in [0.1, 0.15) is 11.1 Å². The van der Waals surface area contributed by atoms with Crippen LogP contribution in [-0.4, -0.2) is 6.21 Å². The zero-order chi connectivity index (χ0) is 19.2. The normalized spacial score (nSPS) is 11.0. The van der Waals surface area contributed by atoms with E-state index in [2.05, 4.69) is 10.5 Å². The molecule has 0 aliphatic rings. The second-order valence-electron chi connectivity index (χ2n) is 6.31. The predicted molar refractivity (Wildman–Crippen MR) is 112 cm³/mol. The number of hydrogen-bond acceptors (Lipinski definition) is 3. The summed E-state index contributed by atoms with van der Waals surface area (Å²) in [7, 11) is 0. The van der Waals surface area contributed by atoms with Gasteiger partial charge in [0.15, 0.2) is 0 Å². The molecule has 3 nitrogen and oxygen atoms in total. The molecule has 0 saturated carbocycles. The Kier molecular flexibility index (Phi) is 5.29. The van der Waals surface area contributed by atoms with Crippen LogP contribution in [0.5, 0.6) is 5.75 Å². The van der Waals surface area contributed by atoms with Crippen LogP contribution in [-0.2, 0) is 6.61 Å². The SMILES string of the molecule is Fc1ccccc1COc1ccc2ccccc2c1/C=N\Nc1ccccc1. The smallest absolute Gasteiger partial charge is 0.129 e. The first-order valence-corrected chi connectivity index (χ1v) is 9.03. The molecular formula is C24H19FN2O. The maximum atomic E-state index is 13.9. The lowest BCUT2D eigenvalue weighted by atomic mass is 10.0. The van der Waals surface area contributed by atoms with Crippen molar-refractivity contribution in [1.29, 1.82) is 0 Å². The number of para-hydroxylation sites is 1. The maximum absolute atomic E-state index is 13.9. The minimum Gasteiger partial charge on any atom is -0.488 e. The monoisotopic (exact) mass is 370 g/mol. The van der Waals surface area contributed by atoms with E-state index in [-0.39, 0.29) is 12.4 Å². The molecule has 28 heavy (non-hydrogen) atoms. The Morgan fingerprint density at radius 3 is 2.43 bits per heavy atom. The Morgan fingerprint density at radius 1 is 0.821 bits per heavy atom. The highest BCUT2D eigenvalue weighted by molar-refractivity contribution is 6.02. The van der Waals surface area contributed by atoms with E-state index < -0.39 is 0 Å². The molecule has 0 spiro atoms. The van der Waals surface area contributed by atoms with Gasteiger partial charge >= 0.3 is 0 Å². The summed E-state index contributed by atoms with van der Waals surface area (Å²) in [6, 6.07) is 28.3. The molecule has 0 saturated heterocycles. The highest BCUT2D eigenvalue weighted by Crippen LogP contribution is 2.27. The molecule has 0 bridgehead atoms. The summed E-state index contributed by atoms with van der Waals surface area (Å²) in [5, 5.41) is 6.47. The summed E-state index contributed by atoms with van der Waals surface area (Å²) in [5.74, 6) is 0.379. The Morgan fingerprint density at radius 2 is 1.57 bits per heavy atom. The molecule has 1 N–H and O–H groups in total. The predicted octanol–water partition coefficient (Wildman–Crippen LogP) is 6.00. The fourth-order valence-corrected chi connectivity index (χ4v) is 2.99. The third-order valence-electron chi connectivity index (χ3n) is 4.43. The van der Waals surface area contributed by atoms with Gasteiger partial charge in [-0.1, -0.05) is 66.7 Å². The standard InChI is InChI=1S/C24H19FN2O/c25-23-13-7-5-9-19(23)17-28-24-15-14-18-8-4-6-12-21(18)22(24)16-26-27-20-10-2-1-3-11-20/h1-16,27H,17H2/b26-16-. The largest absolute Gasteiger partial charge is 0.488 e. The molecule has 4 rings (SSSR count). The zero-order valence-electron chi connectivity index (χ0n) is 15.2. The van der Waals surface area contributed by atoms with Crippen molar-refractivity contribution in [3.05, 3.63) is 108 Å². The fraction of sp³-hybridized carbons (Fsp3) is 0.0417. The van der Waals surface area contributed by atoms with Crippen LogP contribution in [0, 0.1) is 5.82 Å². The summed E-state index contributed by atoms with van der Waals surface area (Å²) >= 11 is 0. The van der Waals surface area contributed by atoms with Gasteiger partial charge in [-0.05, 0) is 35.0 Å². The van der Waals surface area contributed by atoms with Gasteiger partial charge in [-0.25, -0.2) is 4.39 Å². The van der Waals surface area contributed by atoms with Gasteiger partial charge in [0.2, 0.25) is 0 Å². The molecule has 4 aromatic carbocycles. The summed E-state index contributed by atoms with van der Waals surface area (Å²) < 4.78 is 19.9. The van der Waals surface area contributed by atoms with Gasteiger partial charge in [0, 0.05) is 11.1 Å². The number of anilines is 1. The van der Waals surface area contributed by atoms with E-state index in [9.17, 15) is 4.39 Å². The summed E-state index contributed by atoms with van der Waals surface area (Å²) in [6.45, 7) is 0.151. The first-order valence-electron chi connectivity index (χ1n) is 9.03. The molecule has 0 fully saturated rings. The highest BCUT2D eigenvalue weighted by Gasteiger charge is 2.09. The summed E-state index contributed by atoms with van der Waals surface area (Å²) in [4.78, 5) is 0. The summed E-state index contributed by atoms with van der Waals surface area (Å²) in [6.07, 6.45) is 1.74. The average molecular weight is 370 g/mol. The van der Waals surface area contributed by atoms with Crippen LogP contribution in [0.15, 0.2) is 96.1 Å². The lowest BCUT2D eigenvalue weighted by Gasteiger charge is -2.12. The van der Waals surface area contributed by atoms with Gasteiger partial charge in [-0.3, -0.25) is 5.43 Å². The molecule has 0 aromatic heterocycles. The second kappa shape index (κ2) is 8.35. The highest BCUT2D eigenvalue weighted by atomic mass is 19.1. The molecule has 0 heterocycles. The molecule has 0 atom stereocenters. The molecule has 0 radical (unpaired) electrons. The van der Waals surface area contributed by atoms with Crippen molar-refractivity contribution >= 4 is 22.7 Å². The van der Waals surface area contributed by atoms with Crippen molar-refractivity contribution in [2.24, 2.45) is 5.10 Å². The van der Waals surface area contributed by atoms with Crippen molar-refractivity contribution in [3.63, 3.8) is 0 Å². The van der Waals surface area contributed by atoms with Crippen LogP contribution < -0.4 is 10.2 Å². The Labute approximate surface area is 163 Å². The lowest BCUT2D eigenvalue weighted by Crippen LogP contribution is -2.01. The van der Waals surface area contributed by atoms with Crippen LogP contribution >= 0.6 is 0 Å². The third-order valence-corrected chi connectivity index (χ3v) is 4.43. The first-order chi connectivity index (χ1) is 13.8. The van der Waals surface area contributed by atoms with E-state index in [4.69, 9.17) is 4.74 Å². The molecule has 4 heteroatoms. The van der Waals surface area contributed by atoms with Gasteiger partial charge < -0.3 is 4.74 Å². The van der Waals surface area contributed by atoms with Crippen LogP contribution in [0.25, 0.3) is 10.8 Å². The summed E-state index contributed by atoms with van der Waals surface area (Å²) in [5.41, 5.74) is 5.28. The second-order valence-corrected chi connectivity index (χ2v) is 6.31. The van der Waals surface area contributed by atoms with Crippen molar-refractivity contribution < 1.29 is 9.13 Å². The third kappa shape index (κ3) is 4.01. The number of hydrogen-bond donors (Lipinski definition) is 1. The van der Waals surface area contributed by atoms with Crippen molar-refractivity contribution in [3.8, 4) is 5.75 Å². The fourth-order valence-electron chi connectivity index (χ4n) is 2.99. The van der Waals surface area contributed by atoms with E-state index in [1.807, 2.05) is 66.7 Å². The van der Waals surface area contributed by atoms with Gasteiger partial charge in [0.05, 0.1) is 11.9 Å². The number of fused-ring (bicyclic) bond motifs is 1. The van der Waals surface area contributed by atoms with Gasteiger partial charge in [0.1, 0.15) is 18.2 Å². The first kappa shape index (κ1) is 17.7. The molecular weight excluding hydrogens is 351 g/mol. The lowest BCUT2D eigenvalue weighted by molar-refractivity contribution is 0.300. The van der Waals surface area contributed by atoms with E-state index in [0.29, 0.717) is 11.3 Å². The Bertz CT molecular complexity index is 1110. The number of rotatable bonds is 6. The molecule has 4 aromatic rings. The molecule has 138 valence electrons. The van der Waals surface area contributed by atoms with Crippen LogP contribution in [0.3, 0.4) is 0 Å². The van der Waals surface area contributed by atoms with E-state index in [1.165, 1.54) is 6.07 Å². The Balaban J connectivity index is 1.64. The average Bonchev–Trinajstić information content (AvgIpc) is 2.74. The zero-order valence-corrected chi connectivity index (χ0v) is 15.2. The van der Waals surface area contributed by atoms with Gasteiger partial charge in [-0.2, -0.15) is 5.10 Å². The van der Waals surface area contributed by atoms with Crippen molar-refractivity contribution in [1.82, 2.24) is 0 Å². The molecule has 0 aliphatic heterocycles. The number of nitrogens with one attached hydrogen (secondary N) is 1. The minimum absolute atomic E-state index is 0.151. The number of hydrazone groups is 1. The molecule has 0 aliphatic carbocycles. The quantitative estimate of drug-likeness (QED) is 0.333. The van der Waals surface area contributed by atoms with E-state index >= 15 is 0 Å². The van der Waals surface area contributed by atoms with Crippen LogP contribution in [0.4, 0.5) is 10.1 Å².